The molecule has 0 saturated carbocycles. The molecule has 1 aliphatic heterocycles. The molecule has 1 amide bonds. The minimum absolute atomic E-state index is 0.0108. The lowest BCUT2D eigenvalue weighted by Gasteiger charge is -2.27. The Labute approximate surface area is 115 Å². The number of amides is 1. The van der Waals surface area contributed by atoms with Crippen molar-refractivity contribution in [2.75, 3.05) is 13.1 Å². The van der Waals surface area contributed by atoms with Crippen LogP contribution in [0.2, 0.25) is 10.0 Å². The van der Waals surface area contributed by atoms with E-state index in [9.17, 15) is 9.18 Å². The molecule has 98 valence electrons. The molecule has 0 bridgehead atoms. The van der Waals surface area contributed by atoms with E-state index in [1.807, 2.05) is 0 Å². The first-order chi connectivity index (χ1) is 8.49. The molecular formula is C12H13Cl2FN2O. The summed E-state index contributed by atoms with van der Waals surface area (Å²) in [6, 6.07) is 2.26. The summed E-state index contributed by atoms with van der Waals surface area (Å²) in [7, 11) is 0. The van der Waals surface area contributed by atoms with Gasteiger partial charge in [-0.3, -0.25) is 4.79 Å². The largest absolute Gasteiger partial charge is 0.349 e. The van der Waals surface area contributed by atoms with Gasteiger partial charge in [0.15, 0.2) is 0 Å². The van der Waals surface area contributed by atoms with Crippen molar-refractivity contribution in [2.45, 2.75) is 13.0 Å². The summed E-state index contributed by atoms with van der Waals surface area (Å²) in [4.78, 5) is 11.8. The van der Waals surface area contributed by atoms with E-state index in [0.717, 1.165) is 0 Å². The third-order valence-corrected chi connectivity index (χ3v) is 3.63. The summed E-state index contributed by atoms with van der Waals surface area (Å²) in [5.41, 5.74) is 0.527. The van der Waals surface area contributed by atoms with Gasteiger partial charge in [-0.15, -0.1) is 0 Å². The lowest BCUT2D eigenvalue weighted by atomic mass is 10.0. The van der Waals surface area contributed by atoms with Crippen molar-refractivity contribution < 1.29 is 9.18 Å². The average Bonchev–Trinajstić information content (AvgIpc) is 2.20. The van der Waals surface area contributed by atoms with Gasteiger partial charge >= 0.3 is 0 Å². The molecule has 3 nitrogen and oxygen atoms in total. The van der Waals surface area contributed by atoms with Crippen LogP contribution in [0.5, 0.6) is 0 Å². The molecule has 2 rings (SSSR count). The third kappa shape index (κ3) is 2.76. The first-order valence-electron chi connectivity index (χ1n) is 5.64. The monoisotopic (exact) mass is 290 g/mol. The Hall–Kier alpha value is -0.840. The van der Waals surface area contributed by atoms with E-state index < -0.39 is 5.82 Å². The van der Waals surface area contributed by atoms with E-state index in [2.05, 4.69) is 10.6 Å². The highest BCUT2D eigenvalue weighted by atomic mass is 35.5. The topological polar surface area (TPSA) is 41.1 Å². The van der Waals surface area contributed by atoms with E-state index in [0.29, 0.717) is 23.7 Å². The van der Waals surface area contributed by atoms with E-state index in [4.69, 9.17) is 23.2 Å². The molecule has 1 unspecified atom stereocenters. The summed E-state index contributed by atoms with van der Waals surface area (Å²) in [6.07, 6.45) is 0. The van der Waals surface area contributed by atoms with Gasteiger partial charge in [0, 0.05) is 18.1 Å². The van der Waals surface area contributed by atoms with Crippen molar-refractivity contribution >= 4 is 29.1 Å². The van der Waals surface area contributed by atoms with Gasteiger partial charge in [-0.2, -0.15) is 0 Å². The molecule has 1 saturated heterocycles. The number of rotatable bonds is 3. The van der Waals surface area contributed by atoms with Crippen LogP contribution in [0.4, 0.5) is 4.39 Å². The zero-order valence-corrected chi connectivity index (χ0v) is 11.3. The first kappa shape index (κ1) is 13.6. The molecular weight excluding hydrogens is 278 g/mol. The summed E-state index contributed by atoms with van der Waals surface area (Å²) in [6.45, 7) is 3.13. The summed E-state index contributed by atoms with van der Waals surface area (Å²) in [5.74, 6) is -0.599. The van der Waals surface area contributed by atoms with E-state index in [1.54, 1.807) is 6.92 Å². The maximum absolute atomic E-state index is 13.4. The minimum atomic E-state index is -0.539. The number of halogens is 3. The predicted octanol–water partition coefficient (Wildman–Crippen LogP) is 2.53. The lowest BCUT2D eigenvalue weighted by Crippen LogP contribution is -2.51. The molecule has 1 fully saturated rings. The van der Waals surface area contributed by atoms with Crippen LogP contribution < -0.4 is 10.6 Å². The molecule has 0 aliphatic carbocycles. The van der Waals surface area contributed by atoms with Gasteiger partial charge in [0.25, 0.3) is 0 Å². The highest BCUT2D eigenvalue weighted by molar-refractivity contribution is 6.35. The Balaban J connectivity index is 2.10. The molecule has 2 N–H and O–H groups in total. The Morgan fingerprint density at radius 3 is 2.67 bits per heavy atom. The molecule has 18 heavy (non-hydrogen) atoms. The van der Waals surface area contributed by atoms with E-state index >= 15 is 0 Å². The summed E-state index contributed by atoms with van der Waals surface area (Å²) in [5, 5.41) is 6.16. The van der Waals surface area contributed by atoms with Gasteiger partial charge in [0.05, 0.1) is 17.0 Å². The Morgan fingerprint density at radius 1 is 1.44 bits per heavy atom. The van der Waals surface area contributed by atoms with Gasteiger partial charge in [0.1, 0.15) is 5.82 Å². The van der Waals surface area contributed by atoms with Crippen LogP contribution in [0.3, 0.4) is 0 Å². The Kier molecular flexibility index (Phi) is 4.10. The second-order valence-corrected chi connectivity index (χ2v) is 5.19. The number of hydrogen-bond acceptors (Lipinski definition) is 2. The van der Waals surface area contributed by atoms with Crippen LogP contribution in [0.25, 0.3) is 0 Å². The zero-order valence-electron chi connectivity index (χ0n) is 9.77. The first-order valence-corrected chi connectivity index (χ1v) is 6.40. The fourth-order valence-electron chi connectivity index (χ4n) is 1.75. The Morgan fingerprint density at radius 2 is 2.11 bits per heavy atom. The standard InChI is InChI=1S/C12H13Cl2FN2O/c1-6(17-12(18)7-4-16-5-7)8-2-11(15)10(14)3-9(8)13/h2-3,6-7,16H,4-5H2,1H3,(H,17,18). The molecule has 1 aliphatic rings. The maximum atomic E-state index is 13.4. The summed E-state index contributed by atoms with van der Waals surface area (Å²) < 4.78 is 13.4. The Bertz CT molecular complexity index is 477. The highest BCUT2D eigenvalue weighted by Gasteiger charge is 2.26. The fourth-order valence-corrected chi connectivity index (χ4v) is 2.30. The number of benzene rings is 1. The minimum Gasteiger partial charge on any atom is -0.349 e. The number of hydrogen-bond donors (Lipinski definition) is 2. The SMILES string of the molecule is CC(NC(=O)C1CNC1)c1cc(F)c(Cl)cc1Cl. The van der Waals surface area contributed by atoms with Crippen molar-refractivity contribution in [3.63, 3.8) is 0 Å². The van der Waals surface area contributed by atoms with Crippen molar-refractivity contribution in [3.05, 3.63) is 33.6 Å². The van der Waals surface area contributed by atoms with Gasteiger partial charge < -0.3 is 10.6 Å². The third-order valence-electron chi connectivity index (χ3n) is 3.02. The van der Waals surface area contributed by atoms with E-state index in [1.165, 1.54) is 12.1 Å². The quantitative estimate of drug-likeness (QED) is 0.840. The predicted molar refractivity (Wildman–Crippen MR) is 69.3 cm³/mol. The fraction of sp³-hybridized carbons (Fsp3) is 0.417. The van der Waals surface area contributed by atoms with Gasteiger partial charge in [-0.05, 0) is 24.6 Å². The van der Waals surface area contributed by atoms with Crippen molar-refractivity contribution in [3.8, 4) is 0 Å². The van der Waals surface area contributed by atoms with Crippen LogP contribution in [0, 0.1) is 11.7 Å². The second-order valence-electron chi connectivity index (χ2n) is 4.37. The number of carbonyl (C=O) groups is 1. The van der Waals surface area contributed by atoms with E-state index in [-0.39, 0.29) is 22.9 Å². The second kappa shape index (κ2) is 5.43. The normalized spacial score (nSPS) is 17.1. The van der Waals surface area contributed by atoms with Crippen LogP contribution in [0.15, 0.2) is 12.1 Å². The molecule has 0 aromatic heterocycles. The molecule has 1 heterocycles. The van der Waals surface area contributed by atoms with Gasteiger partial charge in [0.2, 0.25) is 5.91 Å². The highest BCUT2D eigenvalue weighted by Crippen LogP contribution is 2.28. The molecule has 1 aromatic rings. The van der Waals surface area contributed by atoms with Crippen LogP contribution in [-0.4, -0.2) is 19.0 Å². The number of carbonyl (C=O) groups excluding carboxylic acids is 1. The van der Waals surface area contributed by atoms with Crippen LogP contribution >= 0.6 is 23.2 Å². The summed E-state index contributed by atoms with van der Waals surface area (Å²) >= 11 is 11.6. The van der Waals surface area contributed by atoms with Crippen molar-refractivity contribution in [1.29, 1.82) is 0 Å². The van der Waals surface area contributed by atoms with Crippen molar-refractivity contribution in [2.24, 2.45) is 5.92 Å². The molecule has 6 heteroatoms. The average molecular weight is 291 g/mol. The van der Waals surface area contributed by atoms with Gasteiger partial charge in [-0.25, -0.2) is 4.39 Å². The maximum Gasteiger partial charge on any atom is 0.226 e. The molecule has 1 atom stereocenters. The van der Waals surface area contributed by atoms with Crippen LogP contribution in [0.1, 0.15) is 18.5 Å². The smallest absolute Gasteiger partial charge is 0.226 e. The molecule has 0 spiro atoms. The zero-order chi connectivity index (χ0) is 13.3. The van der Waals surface area contributed by atoms with Gasteiger partial charge in [-0.1, -0.05) is 23.2 Å². The molecule has 0 radical (unpaired) electrons. The number of nitrogens with one attached hydrogen (secondary N) is 2. The lowest BCUT2D eigenvalue weighted by molar-refractivity contribution is -0.127. The molecule has 1 aromatic carbocycles. The van der Waals surface area contributed by atoms with Crippen LogP contribution in [-0.2, 0) is 4.79 Å². The van der Waals surface area contributed by atoms with Crippen molar-refractivity contribution in [1.82, 2.24) is 10.6 Å².